The molecule has 2 unspecified atom stereocenters. The number of nitrogens with one attached hydrogen (secondary N) is 2. The van der Waals surface area contributed by atoms with Crippen LogP contribution in [0.4, 0.5) is 0 Å². The second-order valence-electron chi connectivity index (χ2n) is 7.60. The van der Waals surface area contributed by atoms with Gasteiger partial charge >= 0.3 is 0 Å². The van der Waals surface area contributed by atoms with Gasteiger partial charge in [-0.1, -0.05) is 6.92 Å². The highest BCUT2D eigenvalue weighted by molar-refractivity contribution is 5.80. The van der Waals surface area contributed by atoms with E-state index in [1.54, 1.807) is 0 Å². The molecule has 2 aliphatic heterocycles. The maximum Gasteiger partial charge on any atom is 0.225 e. The van der Waals surface area contributed by atoms with Gasteiger partial charge in [-0.25, -0.2) is 0 Å². The Morgan fingerprint density at radius 3 is 2.87 bits per heavy atom. The van der Waals surface area contributed by atoms with Gasteiger partial charge in [0.2, 0.25) is 5.91 Å². The van der Waals surface area contributed by atoms with E-state index in [-0.39, 0.29) is 17.7 Å². The molecule has 126 valence electrons. The number of aryl methyl sites for hydroxylation is 1. The molecule has 1 aromatic rings. The van der Waals surface area contributed by atoms with Crippen LogP contribution in [0.3, 0.4) is 0 Å². The zero-order valence-corrected chi connectivity index (χ0v) is 14.0. The highest BCUT2D eigenvalue weighted by Gasteiger charge is 2.41. The maximum absolute atomic E-state index is 12.8. The van der Waals surface area contributed by atoms with Crippen LogP contribution in [-0.4, -0.2) is 58.9 Å². The Morgan fingerprint density at radius 2 is 2.17 bits per heavy atom. The highest BCUT2D eigenvalue weighted by Crippen LogP contribution is 2.32. The predicted octanol–water partition coefficient (Wildman–Crippen LogP) is 0.322. The Bertz CT molecular complexity index is 581. The number of nitrogens with zero attached hydrogens (tertiary/aromatic N) is 3. The minimum atomic E-state index is 0.0152. The minimum absolute atomic E-state index is 0.0152. The lowest BCUT2D eigenvalue weighted by Gasteiger charge is -2.22. The van der Waals surface area contributed by atoms with E-state index in [0.29, 0.717) is 12.0 Å². The number of rotatable bonds is 4. The third-order valence-electron chi connectivity index (χ3n) is 5.74. The number of likely N-dealkylation sites (tertiary alicyclic amines) is 1. The van der Waals surface area contributed by atoms with E-state index in [9.17, 15) is 4.79 Å². The van der Waals surface area contributed by atoms with E-state index >= 15 is 0 Å². The monoisotopic (exact) mass is 317 g/mol. The van der Waals surface area contributed by atoms with Crippen molar-refractivity contribution in [1.29, 1.82) is 0 Å². The average molecular weight is 317 g/mol. The second kappa shape index (κ2) is 5.91. The molecule has 3 fully saturated rings. The van der Waals surface area contributed by atoms with Gasteiger partial charge in [0.25, 0.3) is 0 Å². The summed E-state index contributed by atoms with van der Waals surface area (Å²) in [5, 5.41) is 11.0. The molecule has 0 bridgehead atoms. The van der Waals surface area contributed by atoms with Crippen molar-refractivity contribution in [3.05, 3.63) is 18.0 Å². The van der Waals surface area contributed by atoms with Gasteiger partial charge in [-0.2, -0.15) is 5.10 Å². The predicted molar refractivity (Wildman–Crippen MR) is 88.0 cm³/mol. The molecule has 1 aromatic heterocycles. The van der Waals surface area contributed by atoms with Crippen molar-refractivity contribution in [1.82, 2.24) is 25.3 Å². The van der Waals surface area contributed by atoms with Crippen LogP contribution in [-0.2, 0) is 11.8 Å². The fourth-order valence-corrected chi connectivity index (χ4v) is 4.16. The standard InChI is InChI=1S/C17H27N5O/c1-11-8-22(13-3-4-13)10-16(11)20-17(23)15-7-18-6-14(15)12-5-19-21(2)9-12/h5,9,11,13-16,18H,3-4,6-8,10H2,1-2H3,(H,20,23)/t11?,14-,15+,16?/m1/s1. The topological polar surface area (TPSA) is 62.2 Å². The van der Waals surface area contributed by atoms with Crippen LogP contribution >= 0.6 is 0 Å². The largest absolute Gasteiger partial charge is 0.351 e. The molecule has 0 aromatic carbocycles. The number of hydrogen-bond acceptors (Lipinski definition) is 4. The van der Waals surface area contributed by atoms with Gasteiger partial charge in [0.15, 0.2) is 0 Å². The highest BCUT2D eigenvalue weighted by atomic mass is 16.2. The van der Waals surface area contributed by atoms with Gasteiger partial charge in [0, 0.05) is 57.4 Å². The molecule has 2 N–H and O–H groups in total. The van der Waals surface area contributed by atoms with Gasteiger partial charge in [-0.05, 0) is 24.3 Å². The van der Waals surface area contributed by atoms with Crippen molar-refractivity contribution in [3.8, 4) is 0 Å². The van der Waals surface area contributed by atoms with E-state index in [1.807, 2.05) is 24.1 Å². The van der Waals surface area contributed by atoms with Crippen LogP contribution in [0.1, 0.15) is 31.2 Å². The average Bonchev–Trinajstić information content (AvgIpc) is 2.92. The van der Waals surface area contributed by atoms with Crippen LogP contribution in [0.5, 0.6) is 0 Å². The molecule has 1 aliphatic carbocycles. The molecule has 0 radical (unpaired) electrons. The molecule has 0 spiro atoms. The smallest absolute Gasteiger partial charge is 0.225 e. The number of carbonyl (C=O) groups excluding carboxylic acids is 1. The van der Waals surface area contributed by atoms with E-state index in [4.69, 9.17) is 0 Å². The van der Waals surface area contributed by atoms with Gasteiger partial charge in [0.1, 0.15) is 0 Å². The molecule has 3 aliphatic rings. The van der Waals surface area contributed by atoms with Crippen LogP contribution in [0.25, 0.3) is 0 Å². The lowest BCUT2D eigenvalue weighted by Crippen LogP contribution is -2.44. The Hall–Kier alpha value is -1.40. The summed E-state index contributed by atoms with van der Waals surface area (Å²) < 4.78 is 1.81. The zero-order valence-electron chi connectivity index (χ0n) is 14.0. The molecule has 23 heavy (non-hydrogen) atoms. The van der Waals surface area contributed by atoms with Crippen molar-refractivity contribution in [2.75, 3.05) is 26.2 Å². The molecule has 4 atom stereocenters. The molecular formula is C17H27N5O. The molecule has 1 amide bonds. The van der Waals surface area contributed by atoms with Crippen LogP contribution in [0, 0.1) is 11.8 Å². The van der Waals surface area contributed by atoms with Gasteiger partial charge in [-0.15, -0.1) is 0 Å². The van der Waals surface area contributed by atoms with Crippen molar-refractivity contribution >= 4 is 5.91 Å². The summed E-state index contributed by atoms with van der Waals surface area (Å²) in [5.74, 6) is 1.01. The number of aromatic nitrogens is 2. The fraction of sp³-hybridized carbons (Fsp3) is 0.765. The van der Waals surface area contributed by atoms with Crippen LogP contribution in [0.2, 0.25) is 0 Å². The van der Waals surface area contributed by atoms with Crippen LogP contribution < -0.4 is 10.6 Å². The maximum atomic E-state index is 12.8. The molecule has 1 saturated carbocycles. The zero-order chi connectivity index (χ0) is 16.0. The Kier molecular flexibility index (Phi) is 3.89. The lowest BCUT2D eigenvalue weighted by atomic mass is 9.89. The summed E-state index contributed by atoms with van der Waals surface area (Å²) >= 11 is 0. The summed E-state index contributed by atoms with van der Waals surface area (Å²) in [4.78, 5) is 15.4. The first kappa shape index (κ1) is 15.1. The summed E-state index contributed by atoms with van der Waals surface area (Å²) in [6.45, 7) is 6.04. The number of carbonyl (C=O) groups is 1. The summed E-state index contributed by atoms with van der Waals surface area (Å²) in [6.07, 6.45) is 6.60. The minimum Gasteiger partial charge on any atom is -0.351 e. The first-order chi connectivity index (χ1) is 11.1. The molecule has 3 heterocycles. The molecule has 6 heteroatoms. The fourth-order valence-electron chi connectivity index (χ4n) is 4.16. The SMILES string of the molecule is CC1CN(C2CC2)CC1NC(=O)[C@H]1CNC[C@@H]1c1cnn(C)c1. The first-order valence-corrected chi connectivity index (χ1v) is 8.85. The summed E-state index contributed by atoms with van der Waals surface area (Å²) in [5.41, 5.74) is 1.16. The Balaban J connectivity index is 1.40. The van der Waals surface area contributed by atoms with Crippen molar-refractivity contribution in [2.24, 2.45) is 18.9 Å². The van der Waals surface area contributed by atoms with Crippen LogP contribution in [0.15, 0.2) is 12.4 Å². The summed E-state index contributed by atoms with van der Waals surface area (Å²) in [7, 11) is 1.92. The van der Waals surface area contributed by atoms with Crippen molar-refractivity contribution in [2.45, 2.75) is 37.8 Å². The summed E-state index contributed by atoms with van der Waals surface area (Å²) in [6, 6.07) is 1.09. The Labute approximate surface area is 137 Å². The number of hydrogen-bond donors (Lipinski definition) is 2. The molecule has 2 saturated heterocycles. The lowest BCUT2D eigenvalue weighted by molar-refractivity contribution is -0.125. The van der Waals surface area contributed by atoms with E-state index in [1.165, 1.54) is 12.8 Å². The van der Waals surface area contributed by atoms with Gasteiger partial charge < -0.3 is 10.6 Å². The van der Waals surface area contributed by atoms with Crippen molar-refractivity contribution in [3.63, 3.8) is 0 Å². The molecular weight excluding hydrogens is 290 g/mol. The normalized spacial score (nSPS) is 34.9. The van der Waals surface area contributed by atoms with E-state index in [2.05, 4.69) is 27.6 Å². The quantitative estimate of drug-likeness (QED) is 0.840. The molecule has 6 nitrogen and oxygen atoms in total. The molecule has 4 rings (SSSR count). The van der Waals surface area contributed by atoms with E-state index in [0.717, 1.165) is 37.8 Å². The Morgan fingerprint density at radius 1 is 1.35 bits per heavy atom. The third-order valence-corrected chi connectivity index (χ3v) is 5.74. The first-order valence-electron chi connectivity index (χ1n) is 8.85. The van der Waals surface area contributed by atoms with Crippen molar-refractivity contribution < 1.29 is 4.79 Å². The van der Waals surface area contributed by atoms with Gasteiger partial charge in [-0.3, -0.25) is 14.4 Å². The van der Waals surface area contributed by atoms with E-state index < -0.39 is 0 Å². The third kappa shape index (κ3) is 3.02. The second-order valence-corrected chi connectivity index (χ2v) is 7.60. The van der Waals surface area contributed by atoms with Gasteiger partial charge in [0.05, 0.1) is 12.1 Å². The number of amides is 1.